The Hall–Kier alpha value is -0.610. The number of hydrogen-bond acceptors (Lipinski definition) is 4. The summed E-state index contributed by atoms with van der Waals surface area (Å²) in [6, 6.07) is -0.0384. The van der Waals surface area contributed by atoms with Gasteiger partial charge >= 0.3 is 5.97 Å². The van der Waals surface area contributed by atoms with Crippen molar-refractivity contribution in [2.24, 2.45) is 5.73 Å². The molecule has 1 aliphatic heterocycles. The highest BCUT2D eigenvalue weighted by molar-refractivity contribution is 5.76. The Kier molecular flexibility index (Phi) is 4.18. The van der Waals surface area contributed by atoms with Crippen LogP contribution in [0.25, 0.3) is 0 Å². The van der Waals surface area contributed by atoms with Crippen LogP contribution in [0, 0.1) is 0 Å². The fraction of sp³-hybridized carbons (Fsp3) is 0.889. The molecule has 1 saturated heterocycles. The Bertz CT molecular complexity index is 173. The fourth-order valence-corrected chi connectivity index (χ4v) is 1.76. The first-order chi connectivity index (χ1) is 6.29. The molecule has 1 heterocycles. The van der Waals surface area contributed by atoms with Gasteiger partial charge in [-0.3, -0.25) is 9.69 Å². The van der Waals surface area contributed by atoms with Gasteiger partial charge in [0.2, 0.25) is 0 Å². The van der Waals surface area contributed by atoms with Crippen LogP contribution in [0.2, 0.25) is 0 Å². The first-order valence-corrected chi connectivity index (χ1v) is 4.90. The van der Waals surface area contributed by atoms with Gasteiger partial charge in [-0.25, -0.2) is 0 Å². The Morgan fingerprint density at radius 2 is 2.46 bits per heavy atom. The Morgan fingerprint density at radius 1 is 1.69 bits per heavy atom. The third-order valence-electron chi connectivity index (χ3n) is 2.34. The molecule has 4 nitrogen and oxygen atoms in total. The van der Waals surface area contributed by atoms with Gasteiger partial charge in [0.15, 0.2) is 0 Å². The molecule has 4 heteroatoms. The number of hydrogen-bond donors (Lipinski definition) is 1. The second kappa shape index (κ2) is 5.19. The highest BCUT2D eigenvalue weighted by Crippen LogP contribution is 2.17. The summed E-state index contributed by atoms with van der Waals surface area (Å²) in [7, 11) is 0. The zero-order valence-electron chi connectivity index (χ0n) is 8.16. The first-order valence-electron chi connectivity index (χ1n) is 4.90. The summed E-state index contributed by atoms with van der Waals surface area (Å²) in [4.78, 5) is 13.5. The molecule has 76 valence electrons. The molecule has 0 amide bonds. The van der Waals surface area contributed by atoms with E-state index in [0.29, 0.717) is 13.2 Å². The van der Waals surface area contributed by atoms with Crippen LogP contribution in [-0.4, -0.2) is 43.2 Å². The van der Waals surface area contributed by atoms with Crippen LogP contribution in [0.4, 0.5) is 0 Å². The van der Waals surface area contributed by atoms with Gasteiger partial charge in [-0.1, -0.05) is 0 Å². The normalized spacial score (nSPS) is 23.4. The molecular weight excluding hydrogens is 168 g/mol. The van der Waals surface area contributed by atoms with E-state index < -0.39 is 0 Å². The number of carbonyl (C=O) groups excluding carboxylic acids is 1. The number of rotatable bonds is 4. The lowest BCUT2D eigenvalue weighted by Crippen LogP contribution is -2.40. The van der Waals surface area contributed by atoms with E-state index >= 15 is 0 Å². The smallest absolute Gasteiger partial charge is 0.323 e. The third kappa shape index (κ3) is 2.67. The molecule has 0 aromatic rings. The topological polar surface area (TPSA) is 55.6 Å². The van der Waals surface area contributed by atoms with Gasteiger partial charge < -0.3 is 10.5 Å². The van der Waals surface area contributed by atoms with Crippen molar-refractivity contribution in [3.8, 4) is 0 Å². The molecule has 0 aliphatic carbocycles. The quantitative estimate of drug-likeness (QED) is 0.627. The molecule has 0 spiro atoms. The molecule has 2 N–H and O–H groups in total. The van der Waals surface area contributed by atoms with Crippen LogP contribution in [-0.2, 0) is 9.53 Å². The predicted molar refractivity (Wildman–Crippen MR) is 50.3 cm³/mol. The lowest BCUT2D eigenvalue weighted by molar-refractivity contribution is -0.148. The fourth-order valence-electron chi connectivity index (χ4n) is 1.76. The van der Waals surface area contributed by atoms with E-state index in [1.54, 1.807) is 0 Å². The number of esters is 1. The summed E-state index contributed by atoms with van der Waals surface area (Å²) >= 11 is 0. The standard InChI is InChI=1S/C9H18N2O2/c1-2-13-9(12)8-4-3-6-11(8)7-5-10/h8H,2-7,10H2,1H3. The van der Waals surface area contributed by atoms with Crippen LogP contribution in [0.15, 0.2) is 0 Å². The summed E-state index contributed by atoms with van der Waals surface area (Å²) in [6.07, 6.45) is 1.99. The van der Waals surface area contributed by atoms with E-state index in [2.05, 4.69) is 4.90 Å². The zero-order valence-corrected chi connectivity index (χ0v) is 8.16. The number of nitrogens with zero attached hydrogens (tertiary/aromatic N) is 1. The van der Waals surface area contributed by atoms with Crippen LogP contribution in [0.1, 0.15) is 19.8 Å². The van der Waals surface area contributed by atoms with Gasteiger partial charge in [-0.2, -0.15) is 0 Å². The summed E-state index contributed by atoms with van der Waals surface area (Å²) in [5.41, 5.74) is 5.45. The lowest BCUT2D eigenvalue weighted by atomic mass is 10.2. The van der Waals surface area contributed by atoms with E-state index in [1.165, 1.54) is 0 Å². The van der Waals surface area contributed by atoms with Crippen LogP contribution in [0.3, 0.4) is 0 Å². The van der Waals surface area contributed by atoms with Crippen molar-refractivity contribution >= 4 is 5.97 Å². The van der Waals surface area contributed by atoms with Crippen LogP contribution >= 0.6 is 0 Å². The van der Waals surface area contributed by atoms with Gasteiger partial charge in [0, 0.05) is 13.1 Å². The monoisotopic (exact) mass is 186 g/mol. The van der Waals surface area contributed by atoms with Gasteiger partial charge in [-0.15, -0.1) is 0 Å². The summed E-state index contributed by atoms with van der Waals surface area (Å²) in [5.74, 6) is -0.0894. The SMILES string of the molecule is CCOC(=O)C1CCCN1CCN. The average molecular weight is 186 g/mol. The van der Waals surface area contributed by atoms with E-state index in [0.717, 1.165) is 25.9 Å². The second-order valence-corrected chi connectivity index (χ2v) is 3.23. The highest BCUT2D eigenvalue weighted by atomic mass is 16.5. The van der Waals surface area contributed by atoms with Crippen molar-refractivity contribution in [2.45, 2.75) is 25.8 Å². The van der Waals surface area contributed by atoms with Crippen LogP contribution in [0.5, 0.6) is 0 Å². The van der Waals surface area contributed by atoms with Crippen molar-refractivity contribution in [3.05, 3.63) is 0 Å². The Morgan fingerprint density at radius 3 is 3.08 bits per heavy atom. The molecule has 0 saturated carbocycles. The lowest BCUT2D eigenvalue weighted by Gasteiger charge is -2.21. The maximum Gasteiger partial charge on any atom is 0.323 e. The molecule has 1 unspecified atom stereocenters. The van der Waals surface area contributed by atoms with Crippen molar-refractivity contribution < 1.29 is 9.53 Å². The molecule has 0 aromatic carbocycles. The molecular formula is C9H18N2O2. The third-order valence-corrected chi connectivity index (χ3v) is 2.34. The molecule has 1 rings (SSSR count). The van der Waals surface area contributed by atoms with Crippen LogP contribution < -0.4 is 5.73 Å². The molecule has 0 radical (unpaired) electrons. The van der Waals surface area contributed by atoms with E-state index in [9.17, 15) is 4.79 Å². The summed E-state index contributed by atoms with van der Waals surface area (Å²) < 4.78 is 4.98. The molecule has 0 bridgehead atoms. The molecule has 13 heavy (non-hydrogen) atoms. The van der Waals surface area contributed by atoms with Crippen molar-refractivity contribution in [3.63, 3.8) is 0 Å². The average Bonchev–Trinajstić information content (AvgIpc) is 2.54. The number of nitrogens with two attached hydrogens (primary N) is 1. The highest BCUT2D eigenvalue weighted by Gasteiger charge is 2.30. The largest absolute Gasteiger partial charge is 0.465 e. The minimum atomic E-state index is -0.0894. The number of carbonyl (C=O) groups is 1. The van der Waals surface area contributed by atoms with Gasteiger partial charge in [0.05, 0.1) is 6.61 Å². The van der Waals surface area contributed by atoms with Crippen molar-refractivity contribution in [1.82, 2.24) is 4.90 Å². The molecule has 1 fully saturated rings. The molecule has 1 atom stereocenters. The van der Waals surface area contributed by atoms with Gasteiger partial charge in [0.25, 0.3) is 0 Å². The van der Waals surface area contributed by atoms with E-state index in [-0.39, 0.29) is 12.0 Å². The number of likely N-dealkylation sites (tertiary alicyclic amines) is 1. The maximum absolute atomic E-state index is 11.4. The van der Waals surface area contributed by atoms with E-state index in [4.69, 9.17) is 10.5 Å². The Balaban J connectivity index is 2.42. The van der Waals surface area contributed by atoms with Gasteiger partial charge in [-0.05, 0) is 26.3 Å². The maximum atomic E-state index is 11.4. The summed E-state index contributed by atoms with van der Waals surface area (Å²) in [5, 5.41) is 0. The Labute approximate surface area is 79.0 Å². The molecule has 0 aromatic heterocycles. The minimum Gasteiger partial charge on any atom is -0.465 e. The zero-order chi connectivity index (χ0) is 9.68. The minimum absolute atomic E-state index is 0.0384. The number of ether oxygens (including phenoxy) is 1. The first kappa shape index (κ1) is 10.5. The van der Waals surface area contributed by atoms with E-state index in [1.807, 2.05) is 6.92 Å². The van der Waals surface area contributed by atoms with Crippen molar-refractivity contribution in [1.29, 1.82) is 0 Å². The predicted octanol–water partition coefficient (Wildman–Crippen LogP) is -0.0274. The summed E-state index contributed by atoms with van der Waals surface area (Å²) in [6.45, 7) is 4.67. The molecule has 1 aliphatic rings. The van der Waals surface area contributed by atoms with Gasteiger partial charge in [0.1, 0.15) is 6.04 Å². The van der Waals surface area contributed by atoms with Crippen molar-refractivity contribution in [2.75, 3.05) is 26.2 Å². The second-order valence-electron chi connectivity index (χ2n) is 3.23.